The van der Waals surface area contributed by atoms with E-state index >= 15 is 0 Å². The summed E-state index contributed by atoms with van der Waals surface area (Å²) in [5.41, 5.74) is 5.80. The molecule has 4 nitrogen and oxygen atoms in total. The standard InChI is InChI=1S/C11H20N2O2/c1-2-10-9(4-6-15-10)11(14)13-5-3-8(12)7-13/h8-10H,2-7,12H2,1H3/t8-,9?,10?/m1/s1. The fourth-order valence-corrected chi connectivity index (χ4v) is 2.56. The normalized spacial score (nSPS) is 36.1. The van der Waals surface area contributed by atoms with Gasteiger partial charge in [0.1, 0.15) is 0 Å². The van der Waals surface area contributed by atoms with E-state index in [1.165, 1.54) is 0 Å². The number of likely N-dealkylation sites (tertiary alicyclic amines) is 1. The second kappa shape index (κ2) is 4.49. The van der Waals surface area contributed by atoms with E-state index in [0.29, 0.717) is 0 Å². The van der Waals surface area contributed by atoms with Crippen LogP contribution in [0.5, 0.6) is 0 Å². The Balaban J connectivity index is 1.95. The molecule has 0 aromatic rings. The van der Waals surface area contributed by atoms with Gasteiger partial charge in [-0.15, -0.1) is 0 Å². The highest BCUT2D eigenvalue weighted by molar-refractivity contribution is 5.80. The maximum absolute atomic E-state index is 12.2. The zero-order chi connectivity index (χ0) is 10.8. The number of hydrogen-bond donors (Lipinski definition) is 1. The molecule has 0 aromatic heterocycles. The van der Waals surface area contributed by atoms with E-state index in [1.807, 2.05) is 4.90 Å². The van der Waals surface area contributed by atoms with Crippen LogP contribution in [0.2, 0.25) is 0 Å². The molecular formula is C11H20N2O2. The summed E-state index contributed by atoms with van der Waals surface area (Å²) in [6.45, 7) is 4.36. The maximum atomic E-state index is 12.2. The van der Waals surface area contributed by atoms with Crippen LogP contribution < -0.4 is 5.73 Å². The lowest BCUT2D eigenvalue weighted by Crippen LogP contribution is -2.39. The lowest BCUT2D eigenvalue weighted by Gasteiger charge is -2.23. The number of rotatable bonds is 2. The molecule has 0 radical (unpaired) electrons. The monoisotopic (exact) mass is 212 g/mol. The van der Waals surface area contributed by atoms with Crippen molar-refractivity contribution in [1.82, 2.24) is 4.90 Å². The van der Waals surface area contributed by atoms with Crippen LogP contribution in [-0.2, 0) is 9.53 Å². The van der Waals surface area contributed by atoms with E-state index in [-0.39, 0.29) is 24.0 Å². The molecule has 15 heavy (non-hydrogen) atoms. The van der Waals surface area contributed by atoms with Gasteiger partial charge in [0, 0.05) is 25.7 Å². The number of nitrogens with zero attached hydrogens (tertiary/aromatic N) is 1. The molecule has 2 aliphatic rings. The van der Waals surface area contributed by atoms with Crippen molar-refractivity contribution >= 4 is 5.91 Å². The number of hydrogen-bond acceptors (Lipinski definition) is 3. The first-order valence-corrected chi connectivity index (χ1v) is 5.88. The largest absolute Gasteiger partial charge is 0.377 e. The molecule has 2 aliphatic heterocycles. The van der Waals surface area contributed by atoms with Crippen LogP contribution in [0.3, 0.4) is 0 Å². The summed E-state index contributed by atoms with van der Waals surface area (Å²) in [6.07, 6.45) is 2.88. The van der Waals surface area contributed by atoms with Gasteiger partial charge in [-0.2, -0.15) is 0 Å². The van der Waals surface area contributed by atoms with Gasteiger partial charge in [-0.1, -0.05) is 6.92 Å². The van der Waals surface area contributed by atoms with Crippen LogP contribution in [0.25, 0.3) is 0 Å². The fraction of sp³-hybridized carbons (Fsp3) is 0.909. The van der Waals surface area contributed by atoms with E-state index in [1.54, 1.807) is 0 Å². The lowest BCUT2D eigenvalue weighted by molar-refractivity contribution is -0.136. The zero-order valence-electron chi connectivity index (χ0n) is 9.32. The molecule has 2 unspecified atom stereocenters. The molecule has 0 bridgehead atoms. The molecule has 0 spiro atoms. The lowest BCUT2D eigenvalue weighted by atomic mass is 9.98. The summed E-state index contributed by atoms with van der Waals surface area (Å²) in [5, 5.41) is 0. The third-order valence-electron chi connectivity index (χ3n) is 3.47. The molecule has 2 heterocycles. The molecular weight excluding hydrogens is 192 g/mol. The van der Waals surface area contributed by atoms with Crippen LogP contribution in [0.15, 0.2) is 0 Å². The number of carbonyl (C=O) groups is 1. The van der Waals surface area contributed by atoms with Crippen LogP contribution in [0.4, 0.5) is 0 Å². The van der Waals surface area contributed by atoms with E-state index < -0.39 is 0 Å². The van der Waals surface area contributed by atoms with Gasteiger partial charge in [0.25, 0.3) is 0 Å². The van der Waals surface area contributed by atoms with Gasteiger partial charge >= 0.3 is 0 Å². The summed E-state index contributed by atoms with van der Waals surface area (Å²) in [6, 6.07) is 0.177. The number of carbonyl (C=O) groups excluding carboxylic acids is 1. The van der Waals surface area contributed by atoms with Crippen molar-refractivity contribution in [2.45, 2.75) is 38.3 Å². The molecule has 0 aromatic carbocycles. The molecule has 1 amide bonds. The van der Waals surface area contributed by atoms with Crippen LogP contribution in [0.1, 0.15) is 26.2 Å². The van der Waals surface area contributed by atoms with Crippen LogP contribution in [0, 0.1) is 5.92 Å². The summed E-state index contributed by atoms with van der Waals surface area (Å²) in [7, 11) is 0. The molecule has 3 atom stereocenters. The SMILES string of the molecule is CCC1OCCC1C(=O)N1CC[C@@H](N)C1. The summed E-state index contributed by atoms with van der Waals surface area (Å²) >= 11 is 0. The minimum Gasteiger partial charge on any atom is -0.377 e. The first-order chi connectivity index (χ1) is 7.22. The quantitative estimate of drug-likeness (QED) is 0.719. The summed E-state index contributed by atoms with van der Waals surface area (Å²) in [4.78, 5) is 14.1. The van der Waals surface area contributed by atoms with Crippen molar-refractivity contribution in [3.8, 4) is 0 Å². The maximum Gasteiger partial charge on any atom is 0.228 e. The number of nitrogens with two attached hydrogens (primary N) is 1. The molecule has 0 aliphatic carbocycles. The summed E-state index contributed by atoms with van der Waals surface area (Å²) in [5.74, 6) is 0.340. The highest BCUT2D eigenvalue weighted by Crippen LogP contribution is 2.26. The Morgan fingerprint density at radius 1 is 1.53 bits per heavy atom. The molecule has 2 saturated heterocycles. The van der Waals surface area contributed by atoms with Crippen molar-refractivity contribution in [3.05, 3.63) is 0 Å². The second-order valence-electron chi connectivity index (χ2n) is 4.55. The Kier molecular flexibility index (Phi) is 3.26. The average Bonchev–Trinajstić information content (AvgIpc) is 2.84. The van der Waals surface area contributed by atoms with E-state index in [9.17, 15) is 4.79 Å². The van der Waals surface area contributed by atoms with Crippen molar-refractivity contribution in [2.24, 2.45) is 11.7 Å². The van der Waals surface area contributed by atoms with E-state index in [0.717, 1.165) is 39.0 Å². The van der Waals surface area contributed by atoms with Crippen molar-refractivity contribution in [1.29, 1.82) is 0 Å². The van der Waals surface area contributed by atoms with Gasteiger partial charge in [-0.3, -0.25) is 4.79 Å². The van der Waals surface area contributed by atoms with Crippen molar-refractivity contribution in [3.63, 3.8) is 0 Å². The van der Waals surface area contributed by atoms with Crippen LogP contribution >= 0.6 is 0 Å². The summed E-state index contributed by atoms with van der Waals surface area (Å²) < 4.78 is 5.54. The first kappa shape index (κ1) is 10.9. The highest BCUT2D eigenvalue weighted by atomic mass is 16.5. The Hall–Kier alpha value is -0.610. The first-order valence-electron chi connectivity index (χ1n) is 5.88. The van der Waals surface area contributed by atoms with Gasteiger partial charge in [-0.05, 0) is 19.3 Å². The Labute approximate surface area is 90.8 Å². The highest BCUT2D eigenvalue weighted by Gasteiger charge is 2.37. The van der Waals surface area contributed by atoms with Gasteiger partial charge < -0.3 is 15.4 Å². The van der Waals surface area contributed by atoms with E-state index in [4.69, 9.17) is 10.5 Å². The zero-order valence-corrected chi connectivity index (χ0v) is 9.32. The predicted octanol–water partition coefficient (Wildman–Crippen LogP) is 0.361. The Morgan fingerprint density at radius 3 is 2.93 bits per heavy atom. The van der Waals surface area contributed by atoms with Gasteiger partial charge in [0.05, 0.1) is 12.0 Å². The third kappa shape index (κ3) is 2.16. The smallest absolute Gasteiger partial charge is 0.228 e. The molecule has 2 fully saturated rings. The molecule has 0 saturated carbocycles. The number of amides is 1. The Bertz CT molecular complexity index is 245. The third-order valence-corrected chi connectivity index (χ3v) is 3.47. The fourth-order valence-electron chi connectivity index (χ4n) is 2.56. The van der Waals surface area contributed by atoms with E-state index in [2.05, 4.69) is 6.92 Å². The topological polar surface area (TPSA) is 55.6 Å². The van der Waals surface area contributed by atoms with Crippen LogP contribution in [-0.4, -0.2) is 42.6 Å². The molecule has 86 valence electrons. The number of ether oxygens (including phenoxy) is 1. The second-order valence-corrected chi connectivity index (χ2v) is 4.55. The van der Waals surface area contributed by atoms with Crippen molar-refractivity contribution in [2.75, 3.05) is 19.7 Å². The van der Waals surface area contributed by atoms with Gasteiger partial charge in [-0.25, -0.2) is 0 Å². The van der Waals surface area contributed by atoms with Gasteiger partial charge in [0.2, 0.25) is 5.91 Å². The van der Waals surface area contributed by atoms with Crippen molar-refractivity contribution < 1.29 is 9.53 Å². The molecule has 2 rings (SSSR count). The predicted molar refractivity (Wildman–Crippen MR) is 57.3 cm³/mol. The minimum absolute atomic E-state index is 0.0836. The Morgan fingerprint density at radius 2 is 2.33 bits per heavy atom. The minimum atomic E-state index is 0.0836. The average molecular weight is 212 g/mol. The van der Waals surface area contributed by atoms with Gasteiger partial charge in [0.15, 0.2) is 0 Å². The molecule has 2 N–H and O–H groups in total. The molecule has 4 heteroatoms.